The predicted molar refractivity (Wildman–Crippen MR) is 101 cm³/mol. The molecule has 2 aromatic heterocycles. The molecule has 2 heterocycles. The number of alkyl halides is 3. The van der Waals surface area contributed by atoms with Crippen molar-refractivity contribution in [2.45, 2.75) is 18.0 Å². The molecule has 1 aromatic carbocycles. The van der Waals surface area contributed by atoms with Gasteiger partial charge in [0, 0.05) is 11.1 Å². The van der Waals surface area contributed by atoms with Gasteiger partial charge in [-0.15, -0.1) is 0 Å². The van der Waals surface area contributed by atoms with Gasteiger partial charge in [-0.05, 0) is 48.7 Å². The van der Waals surface area contributed by atoms with Crippen molar-refractivity contribution >= 4 is 35.1 Å². The van der Waals surface area contributed by atoms with Crippen LogP contribution in [0.4, 0.5) is 24.7 Å². The summed E-state index contributed by atoms with van der Waals surface area (Å²) in [6.45, 7) is 1.82. The molecular weight excluding hydrogens is 415 g/mol. The van der Waals surface area contributed by atoms with Gasteiger partial charge in [-0.3, -0.25) is 0 Å². The summed E-state index contributed by atoms with van der Waals surface area (Å²) in [6, 6.07) is 5.38. The zero-order valence-electron chi connectivity index (χ0n) is 14.3. The highest BCUT2D eigenvalue weighted by atomic mass is 35.5. The summed E-state index contributed by atoms with van der Waals surface area (Å²) in [5.74, 6) is 0.591. The van der Waals surface area contributed by atoms with Crippen LogP contribution in [-0.4, -0.2) is 15.0 Å². The van der Waals surface area contributed by atoms with Gasteiger partial charge < -0.3 is 15.2 Å². The average molecular weight is 428 g/mol. The van der Waals surface area contributed by atoms with E-state index < -0.39 is 11.7 Å². The van der Waals surface area contributed by atoms with Crippen LogP contribution >= 0.6 is 23.5 Å². The van der Waals surface area contributed by atoms with Crippen molar-refractivity contribution in [3.8, 4) is 11.8 Å². The van der Waals surface area contributed by atoms with Crippen LogP contribution in [0.2, 0.25) is 5.02 Å². The summed E-state index contributed by atoms with van der Waals surface area (Å²) in [5, 5.41) is -0.361. The molecule has 0 aliphatic heterocycles. The van der Waals surface area contributed by atoms with Gasteiger partial charge in [0.05, 0.1) is 23.0 Å². The molecule has 0 saturated carbocycles. The van der Waals surface area contributed by atoms with E-state index in [2.05, 4.69) is 19.7 Å². The Labute approximate surface area is 167 Å². The second-order valence-corrected chi connectivity index (χ2v) is 6.88. The number of nitrogens with zero attached hydrogens (tertiary/aromatic N) is 3. The number of nitrogen functional groups attached to an aromatic ring is 1. The highest BCUT2D eigenvalue weighted by Gasteiger charge is 2.33. The van der Waals surface area contributed by atoms with Crippen molar-refractivity contribution in [1.29, 1.82) is 0 Å². The molecule has 6 nitrogen and oxygen atoms in total. The van der Waals surface area contributed by atoms with Gasteiger partial charge in [0.2, 0.25) is 11.8 Å². The number of nitrogens with one attached hydrogen (secondary N) is 1. The van der Waals surface area contributed by atoms with E-state index in [0.29, 0.717) is 10.6 Å². The molecule has 3 aromatic rings. The third-order valence-corrected chi connectivity index (χ3v) is 4.50. The van der Waals surface area contributed by atoms with Crippen LogP contribution in [0, 0.1) is 6.92 Å². The van der Waals surface area contributed by atoms with E-state index in [9.17, 15) is 13.2 Å². The van der Waals surface area contributed by atoms with Crippen LogP contribution in [-0.2, 0) is 6.18 Å². The Bertz CT molecular complexity index is 986. The first-order chi connectivity index (χ1) is 13.2. The van der Waals surface area contributed by atoms with Crippen molar-refractivity contribution in [1.82, 2.24) is 15.0 Å². The summed E-state index contributed by atoms with van der Waals surface area (Å²) < 4.78 is 47.6. The summed E-state index contributed by atoms with van der Waals surface area (Å²) in [4.78, 5) is 12.4. The van der Waals surface area contributed by atoms with Gasteiger partial charge >= 0.3 is 6.18 Å². The van der Waals surface area contributed by atoms with E-state index in [-0.39, 0.29) is 22.6 Å². The number of hydrogen-bond donors (Lipinski definition) is 2. The van der Waals surface area contributed by atoms with Crippen LogP contribution in [0.1, 0.15) is 11.1 Å². The maximum atomic E-state index is 13.0. The van der Waals surface area contributed by atoms with E-state index >= 15 is 0 Å². The molecule has 0 aliphatic rings. The fraction of sp³-hybridized carbons (Fsp3) is 0.118. The van der Waals surface area contributed by atoms with E-state index in [1.807, 2.05) is 6.92 Å². The Morgan fingerprint density at radius 3 is 2.57 bits per heavy atom. The molecule has 0 atom stereocenters. The summed E-state index contributed by atoms with van der Waals surface area (Å²) in [7, 11) is 0. The Morgan fingerprint density at radius 1 is 1.11 bits per heavy atom. The number of benzene rings is 1. The van der Waals surface area contributed by atoms with Gasteiger partial charge in [0.1, 0.15) is 11.5 Å². The lowest BCUT2D eigenvalue weighted by molar-refractivity contribution is -0.137. The molecule has 28 heavy (non-hydrogen) atoms. The minimum atomic E-state index is -4.54. The summed E-state index contributed by atoms with van der Waals surface area (Å²) in [5.41, 5.74) is 5.86. The quantitative estimate of drug-likeness (QED) is 0.531. The van der Waals surface area contributed by atoms with Gasteiger partial charge in [0.25, 0.3) is 0 Å². The Balaban J connectivity index is 1.81. The lowest BCUT2D eigenvalue weighted by Crippen LogP contribution is -2.06. The Hall–Kier alpha value is -2.72. The van der Waals surface area contributed by atoms with Gasteiger partial charge in [0.15, 0.2) is 0 Å². The molecule has 11 heteroatoms. The number of ether oxygens (including phenoxy) is 1. The van der Waals surface area contributed by atoms with Crippen LogP contribution in [0.5, 0.6) is 11.8 Å². The van der Waals surface area contributed by atoms with Crippen LogP contribution < -0.4 is 15.2 Å². The molecule has 0 radical (unpaired) electrons. The van der Waals surface area contributed by atoms with Crippen molar-refractivity contribution in [3.05, 3.63) is 59.0 Å². The number of anilines is 2. The van der Waals surface area contributed by atoms with E-state index in [0.717, 1.165) is 23.6 Å². The minimum absolute atomic E-state index is 0.171. The van der Waals surface area contributed by atoms with Crippen LogP contribution in [0.3, 0.4) is 0 Å². The third kappa shape index (κ3) is 4.96. The number of hydrogen-bond acceptors (Lipinski definition) is 7. The molecule has 0 spiro atoms. The molecule has 0 unspecified atom stereocenters. The number of aromatic nitrogens is 3. The number of halogens is 4. The summed E-state index contributed by atoms with van der Waals surface area (Å²) >= 11 is 6.61. The number of nitrogens with two attached hydrogens (primary N) is 1. The third-order valence-electron chi connectivity index (χ3n) is 3.36. The lowest BCUT2D eigenvalue weighted by atomic mass is 10.2. The molecule has 0 fully saturated rings. The molecule has 0 saturated heterocycles. The molecule has 0 amide bonds. The molecule has 3 N–H and O–H groups in total. The molecule has 0 bridgehead atoms. The first-order valence-electron chi connectivity index (χ1n) is 7.74. The SMILES string of the molecule is Cc1cnc(Oc2cnc(N)cn2)c(NSc2ccc(Cl)c(C(F)(F)F)c2)c1. The number of aryl methyl sites for hydroxylation is 1. The van der Waals surface area contributed by atoms with E-state index in [1.165, 1.54) is 24.5 Å². The first-order valence-corrected chi connectivity index (χ1v) is 8.93. The first kappa shape index (κ1) is 20.0. The van der Waals surface area contributed by atoms with Crippen molar-refractivity contribution in [2.24, 2.45) is 0 Å². The maximum Gasteiger partial charge on any atom is 0.417 e. The largest absolute Gasteiger partial charge is 0.417 e. The van der Waals surface area contributed by atoms with Crippen molar-refractivity contribution in [2.75, 3.05) is 10.5 Å². The topological polar surface area (TPSA) is 86.0 Å². The molecule has 3 rings (SSSR count). The number of rotatable bonds is 5. The average Bonchev–Trinajstić information content (AvgIpc) is 2.64. The second-order valence-electron chi connectivity index (χ2n) is 5.59. The van der Waals surface area contributed by atoms with Gasteiger partial charge in [-0.25, -0.2) is 15.0 Å². The van der Waals surface area contributed by atoms with Gasteiger partial charge in [-0.1, -0.05) is 11.6 Å². The molecule has 146 valence electrons. The highest BCUT2D eigenvalue weighted by Crippen LogP contribution is 2.38. The zero-order valence-corrected chi connectivity index (χ0v) is 15.9. The lowest BCUT2D eigenvalue weighted by Gasteiger charge is -2.13. The van der Waals surface area contributed by atoms with Crippen molar-refractivity contribution < 1.29 is 17.9 Å². The second kappa shape index (κ2) is 8.11. The molecule has 0 aliphatic carbocycles. The Morgan fingerprint density at radius 2 is 1.89 bits per heavy atom. The van der Waals surface area contributed by atoms with Crippen LogP contribution in [0.25, 0.3) is 0 Å². The minimum Gasteiger partial charge on any atom is -0.417 e. The fourth-order valence-electron chi connectivity index (χ4n) is 2.09. The maximum absolute atomic E-state index is 13.0. The standard InChI is InChI=1S/C17H13ClF3N5OS/c1-9-4-13(16(25-6-9)27-15-8-23-14(22)7-24-15)26-28-10-2-3-12(18)11(5-10)17(19,20)21/h2-8,26H,1H3,(H2,22,23). The smallest absolute Gasteiger partial charge is 0.417 e. The summed E-state index contributed by atoms with van der Waals surface area (Å²) in [6.07, 6.45) is -0.291. The molecular formula is C17H13ClF3N5OS. The predicted octanol–water partition coefficient (Wildman–Crippen LogP) is 5.35. The fourth-order valence-corrected chi connectivity index (χ4v) is 3.00. The number of pyridine rings is 1. The van der Waals surface area contributed by atoms with Gasteiger partial charge in [-0.2, -0.15) is 13.2 Å². The highest BCUT2D eigenvalue weighted by molar-refractivity contribution is 8.00. The monoisotopic (exact) mass is 427 g/mol. The zero-order chi connectivity index (χ0) is 20.3. The normalized spacial score (nSPS) is 11.3. The Kier molecular flexibility index (Phi) is 5.80. The van der Waals surface area contributed by atoms with Crippen molar-refractivity contribution in [3.63, 3.8) is 0 Å². The van der Waals surface area contributed by atoms with Crippen LogP contribution in [0.15, 0.2) is 47.8 Å². The van der Waals surface area contributed by atoms with E-state index in [4.69, 9.17) is 22.1 Å². The van der Waals surface area contributed by atoms with E-state index in [1.54, 1.807) is 12.3 Å².